The zero-order valence-electron chi connectivity index (χ0n) is 14.4. The summed E-state index contributed by atoms with van der Waals surface area (Å²) in [4.78, 5) is 10.4. The van der Waals surface area contributed by atoms with E-state index in [1.54, 1.807) is 18.2 Å². The summed E-state index contributed by atoms with van der Waals surface area (Å²) in [7, 11) is 0. The monoisotopic (exact) mass is 363 g/mol. The zero-order valence-corrected chi connectivity index (χ0v) is 14.4. The maximum absolute atomic E-state index is 14.0. The molecule has 2 aromatic rings. The van der Waals surface area contributed by atoms with Crippen molar-refractivity contribution in [2.24, 2.45) is 0 Å². The number of aliphatic hydroxyl groups is 1. The van der Waals surface area contributed by atoms with Gasteiger partial charge in [-0.25, -0.2) is 9.18 Å². The fourth-order valence-corrected chi connectivity index (χ4v) is 2.47. The molecule has 2 rings (SSSR count). The number of benzene rings is 2. The second-order valence-electron chi connectivity index (χ2n) is 5.96. The second-order valence-corrected chi connectivity index (χ2v) is 5.96. The number of carboxylic acid groups (broad SMARTS) is 1. The number of nitrogens with one attached hydrogen (secondary N) is 1. The molecule has 0 aliphatic carbocycles. The van der Waals surface area contributed by atoms with Gasteiger partial charge in [-0.1, -0.05) is 18.2 Å². The van der Waals surface area contributed by atoms with E-state index in [2.05, 4.69) is 5.32 Å². The summed E-state index contributed by atoms with van der Waals surface area (Å²) in [5.74, 6) is -1.30. The summed E-state index contributed by atoms with van der Waals surface area (Å²) in [6.07, 6.45) is -0.357. The molecule has 26 heavy (non-hydrogen) atoms. The predicted molar refractivity (Wildman–Crippen MR) is 93.8 cm³/mol. The molecule has 6 nitrogen and oxygen atoms in total. The Balaban J connectivity index is 1.84. The van der Waals surface area contributed by atoms with Gasteiger partial charge in [-0.2, -0.15) is 0 Å². The molecular weight excluding hydrogens is 341 g/mol. The van der Waals surface area contributed by atoms with E-state index in [-0.39, 0.29) is 17.5 Å². The Morgan fingerprint density at radius 2 is 1.92 bits per heavy atom. The van der Waals surface area contributed by atoms with Gasteiger partial charge in [0.2, 0.25) is 0 Å². The summed E-state index contributed by atoms with van der Waals surface area (Å²) in [5, 5.41) is 31.3. The van der Waals surface area contributed by atoms with E-state index >= 15 is 0 Å². The summed E-state index contributed by atoms with van der Waals surface area (Å²) < 4.78 is 19.0. The Hall–Kier alpha value is -2.64. The number of hydrogen-bond donors (Lipinski definition) is 4. The van der Waals surface area contributed by atoms with Crippen LogP contribution in [-0.4, -0.2) is 40.5 Å². The fraction of sp³-hybridized carbons (Fsp3) is 0.316. The third-order valence-corrected chi connectivity index (χ3v) is 3.96. The molecular formula is C19H22FNO5. The highest BCUT2D eigenvalue weighted by molar-refractivity contribution is 5.68. The molecule has 0 spiro atoms. The predicted octanol–water partition coefficient (Wildman–Crippen LogP) is 2.25. The van der Waals surface area contributed by atoms with Crippen molar-refractivity contribution in [1.29, 1.82) is 0 Å². The first-order valence-corrected chi connectivity index (χ1v) is 8.20. The van der Waals surface area contributed by atoms with E-state index in [1.807, 2.05) is 6.92 Å². The molecule has 0 aliphatic rings. The molecule has 0 aliphatic heterocycles. The minimum atomic E-state index is -1.13. The highest BCUT2D eigenvalue weighted by Crippen LogP contribution is 2.20. The standard InChI is InChI=1S/C19H22FNO5/c1-12(19(25)14-2-5-15(22)6-3-14)21-9-8-13-4-7-16(10-17(13)20)26-11-18(23)24/h2-7,10,12,19,21-22,25H,8-9,11H2,1H3,(H,23,24). The number of hydrogen-bond acceptors (Lipinski definition) is 5. The number of ether oxygens (including phenoxy) is 1. The van der Waals surface area contributed by atoms with Crippen LogP contribution in [0.15, 0.2) is 42.5 Å². The second kappa shape index (κ2) is 9.17. The smallest absolute Gasteiger partial charge is 0.341 e. The van der Waals surface area contributed by atoms with Crippen molar-refractivity contribution in [2.75, 3.05) is 13.2 Å². The zero-order chi connectivity index (χ0) is 19.1. The topological polar surface area (TPSA) is 99.0 Å². The van der Waals surface area contributed by atoms with E-state index in [1.165, 1.54) is 18.2 Å². The van der Waals surface area contributed by atoms with Crippen molar-refractivity contribution in [3.8, 4) is 11.5 Å². The molecule has 0 saturated carbocycles. The van der Waals surface area contributed by atoms with Crippen molar-refractivity contribution in [1.82, 2.24) is 5.32 Å². The highest BCUT2D eigenvalue weighted by Gasteiger charge is 2.16. The van der Waals surface area contributed by atoms with Gasteiger partial charge in [-0.15, -0.1) is 0 Å². The number of phenolic OH excluding ortho intramolecular Hbond substituents is 1. The first-order chi connectivity index (χ1) is 12.4. The number of rotatable bonds is 9. The summed E-state index contributed by atoms with van der Waals surface area (Å²) in [6, 6.07) is 10.3. The van der Waals surface area contributed by atoms with E-state index in [0.717, 1.165) is 6.07 Å². The van der Waals surface area contributed by atoms with E-state index in [9.17, 15) is 19.4 Å². The first-order valence-electron chi connectivity index (χ1n) is 8.20. The Bertz CT molecular complexity index is 735. The van der Waals surface area contributed by atoms with Gasteiger partial charge in [0, 0.05) is 12.1 Å². The summed E-state index contributed by atoms with van der Waals surface area (Å²) >= 11 is 0. The van der Waals surface area contributed by atoms with Gasteiger partial charge in [0.15, 0.2) is 6.61 Å². The van der Waals surface area contributed by atoms with E-state index in [4.69, 9.17) is 9.84 Å². The average Bonchev–Trinajstić information content (AvgIpc) is 2.61. The normalized spacial score (nSPS) is 13.2. The lowest BCUT2D eigenvalue weighted by Gasteiger charge is -2.21. The molecule has 2 unspecified atom stereocenters. The lowest BCUT2D eigenvalue weighted by atomic mass is 10.0. The molecule has 0 radical (unpaired) electrons. The Morgan fingerprint density at radius 1 is 1.23 bits per heavy atom. The molecule has 0 amide bonds. The highest BCUT2D eigenvalue weighted by atomic mass is 19.1. The number of phenols is 1. The molecule has 2 atom stereocenters. The van der Waals surface area contributed by atoms with Crippen LogP contribution in [0.1, 0.15) is 24.2 Å². The van der Waals surface area contributed by atoms with Gasteiger partial charge in [-0.05, 0) is 49.2 Å². The van der Waals surface area contributed by atoms with Crippen LogP contribution in [0.3, 0.4) is 0 Å². The van der Waals surface area contributed by atoms with Crippen LogP contribution in [0.5, 0.6) is 11.5 Å². The first kappa shape index (κ1) is 19.7. The maximum atomic E-state index is 14.0. The summed E-state index contributed by atoms with van der Waals surface area (Å²) in [6.45, 7) is 1.74. The van der Waals surface area contributed by atoms with Crippen LogP contribution in [0.2, 0.25) is 0 Å². The fourth-order valence-electron chi connectivity index (χ4n) is 2.47. The number of carbonyl (C=O) groups is 1. The third-order valence-electron chi connectivity index (χ3n) is 3.96. The van der Waals surface area contributed by atoms with E-state index in [0.29, 0.717) is 24.1 Å². The summed E-state index contributed by atoms with van der Waals surface area (Å²) in [5.41, 5.74) is 1.14. The van der Waals surface area contributed by atoms with Crippen LogP contribution in [0, 0.1) is 5.82 Å². The molecule has 4 N–H and O–H groups in total. The van der Waals surface area contributed by atoms with Crippen molar-refractivity contribution in [3.63, 3.8) is 0 Å². The molecule has 0 fully saturated rings. The molecule has 0 heterocycles. The number of carboxylic acids is 1. The largest absolute Gasteiger partial charge is 0.508 e. The molecule has 0 saturated heterocycles. The van der Waals surface area contributed by atoms with Gasteiger partial charge in [0.1, 0.15) is 17.3 Å². The van der Waals surface area contributed by atoms with Crippen molar-refractivity contribution < 1.29 is 29.2 Å². The Kier molecular flexibility index (Phi) is 6.94. The van der Waals surface area contributed by atoms with Gasteiger partial charge in [-0.3, -0.25) is 0 Å². The maximum Gasteiger partial charge on any atom is 0.341 e. The van der Waals surface area contributed by atoms with Crippen molar-refractivity contribution >= 4 is 5.97 Å². The van der Waals surface area contributed by atoms with Gasteiger partial charge < -0.3 is 25.4 Å². The van der Waals surface area contributed by atoms with Gasteiger partial charge in [0.25, 0.3) is 0 Å². The lowest BCUT2D eigenvalue weighted by Crippen LogP contribution is -2.33. The molecule has 7 heteroatoms. The minimum absolute atomic E-state index is 0.132. The number of aliphatic hydroxyl groups excluding tert-OH is 1. The van der Waals surface area contributed by atoms with Crippen LogP contribution < -0.4 is 10.1 Å². The molecule has 140 valence electrons. The van der Waals surface area contributed by atoms with Crippen molar-refractivity contribution in [2.45, 2.75) is 25.5 Å². The average molecular weight is 363 g/mol. The SMILES string of the molecule is CC(NCCc1ccc(OCC(=O)O)cc1F)C(O)c1ccc(O)cc1. The van der Waals surface area contributed by atoms with Crippen LogP contribution in [0.4, 0.5) is 4.39 Å². The Morgan fingerprint density at radius 3 is 2.54 bits per heavy atom. The number of aliphatic carboxylic acids is 1. The lowest BCUT2D eigenvalue weighted by molar-refractivity contribution is -0.139. The quantitative estimate of drug-likeness (QED) is 0.545. The van der Waals surface area contributed by atoms with Gasteiger partial charge >= 0.3 is 5.97 Å². The van der Waals surface area contributed by atoms with Crippen molar-refractivity contribution in [3.05, 3.63) is 59.4 Å². The van der Waals surface area contributed by atoms with Crippen LogP contribution in [-0.2, 0) is 11.2 Å². The van der Waals surface area contributed by atoms with Crippen LogP contribution in [0.25, 0.3) is 0 Å². The minimum Gasteiger partial charge on any atom is -0.508 e. The number of aromatic hydroxyl groups is 1. The molecule has 2 aromatic carbocycles. The van der Waals surface area contributed by atoms with Gasteiger partial charge in [0.05, 0.1) is 6.10 Å². The molecule has 0 bridgehead atoms. The Labute approximate surface area is 150 Å². The van der Waals surface area contributed by atoms with E-state index < -0.39 is 24.5 Å². The van der Waals surface area contributed by atoms with Crippen LogP contribution >= 0.6 is 0 Å². The third kappa shape index (κ3) is 5.72. The molecule has 0 aromatic heterocycles. The number of halogens is 1.